The van der Waals surface area contributed by atoms with Crippen molar-refractivity contribution in [3.05, 3.63) is 0 Å². The highest BCUT2D eigenvalue weighted by atomic mass is 16.6. The van der Waals surface area contributed by atoms with Gasteiger partial charge in [0.15, 0.2) is 0 Å². The molecule has 2 aliphatic heterocycles. The Morgan fingerprint density at radius 1 is 0.967 bits per heavy atom. The summed E-state index contributed by atoms with van der Waals surface area (Å²) in [5.74, 6) is -0.628. The van der Waals surface area contributed by atoms with Crippen LogP contribution in [-0.4, -0.2) is 93.3 Å². The van der Waals surface area contributed by atoms with Crippen LogP contribution < -0.4 is 5.32 Å². The smallest absolute Gasteiger partial charge is 0.410 e. The summed E-state index contributed by atoms with van der Waals surface area (Å²) in [5.41, 5.74) is -0.541. The molecule has 0 bridgehead atoms. The van der Waals surface area contributed by atoms with E-state index in [1.165, 1.54) is 18.7 Å². The number of hydrogen-bond acceptors (Lipinski definition) is 9. The van der Waals surface area contributed by atoms with Gasteiger partial charge in [0.05, 0.1) is 33.0 Å². The fourth-order valence-corrected chi connectivity index (χ4v) is 2.57. The van der Waals surface area contributed by atoms with Crippen molar-refractivity contribution in [1.29, 1.82) is 0 Å². The first kappa shape index (κ1) is 28.1. The van der Waals surface area contributed by atoms with Gasteiger partial charge in [-0.2, -0.15) is 0 Å². The molecule has 1 N–H and O–H groups in total. The maximum Gasteiger partial charge on any atom is 0.410 e. The molecule has 10 heteroatoms. The van der Waals surface area contributed by atoms with Crippen LogP contribution in [0.3, 0.4) is 0 Å². The van der Waals surface area contributed by atoms with Crippen molar-refractivity contribution in [3.8, 4) is 0 Å². The number of carbonyl (C=O) groups excluding carboxylic acids is 3. The number of rotatable bonds is 2. The maximum absolute atomic E-state index is 11.9. The second-order valence-corrected chi connectivity index (χ2v) is 7.74. The highest BCUT2D eigenvalue weighted by Gasteiger charge is 2.27. The van der Waals surface area contributed by atoms with Gasteiger partial charge in [-0.25, -0.2) is 4.79 Å². The van der Waals surface area contributed by atoms with E-state index in [4.69, 9.17) is 23.7 Å². The molecule has 0 aliphatic carbocycles. The molecule has 1 amide bonds. The van der Waals surface area contributed by atoms with E-state index in [-0.39, 0.29) is 25.5 Å². The zero-order valence-corrected chi connectivity index (χ0v) is 18.0. The zero-order valence-electron chi connectivity index (χ0n) is 18.0. The number of carbonyl (C=O) groups is 3. The van der Waals surface area contributed by atoms with Crippen molar-refractivity contribution < 1.29 is 38.1 Å². The van der Waals surface area contributed by atoms with Gasteiger partial charge in [-0.05, 0) is 20.8 Å². The SMILES string of the molecule is C.CC(=O)OC1CNCCOC1.CC(=O)OC1COCCN(C(=O)OC(C)(C)C)C1. The minimum Gasteiger partial charge on any atom is -0.459 e. The second-order valence-electron chi connectivity index (χ2n) is 7.74. The average molecular weight is 435 g/mol. The lowest BCUT2D eigenvalue weighted by Crippen LogP contribution is -2.42. The van der Waals surface area contributed by atoms with Crippen LogP contribution in [0.4, 0.5) is 4.79 Å². The topological polar surface area (TPSA) is 113 Å². The lowest BCUT2D eigenvalue weighted by Gasteiger charge is -2.27. The number of nitrogens with one attached hydrogen (secondary N) is 1. The van der Waals surface area contributed by atoms with Crippen LogP contribution in [0.25, 0.3) is 0 Å². The van der Waals surface area contributed by atoms with Crippen LogP contribution >= 0.6 is 0 Å². The van der Waals surface area contributed by atoms with Gasteiger partial charge in [-0.3, -0.25) is 9.59 Å². The molecule has 0 aromatic carbocycles. The first-order valence-corrected chi connectivity index (χ1v) is 9.75. The highest BCUT2D eigenvalue weighted by molar-refractivity contribution is 5.69. The van der Waals surface area contributed by atoms with Gasteiger partial charge >= 0.3 is 18.0 Å². The molecule has 2 saturated heterocycles. The van der Waals surface area contributed by atoms with Crippen LogP contribution in [0.1, 0.15) is 42.0 Å². The first-order chi connectivity index (χ1) is 13.6. The Balaban J connectivity index is 0.000000603. The number of nitrogens with zero attached hydrogens (tertiary/aromatic N) is 1. The van der Waals surface area contributed by atoms with Gasteiger partial charge in [-0.1, -0.05) is 7.43 Å². The number of ether oxygens (including phenoxy) is 5. The van der Waals surface area contributed by atoms with E-state index in [1.807, 2.05) is 20.8 Å². The van der Waals surface area contributed by atoms with Gasteiger partial charge in [0, 0.05) is 33.5 Å². The molecule has 10 nitrogen and oxygen atoms in total. The molecule has 2 unspecified atom stereocenters. The zero-order chi connectivity index (χ0) is 21.9. The molecule has 2 heterocycles. The average Bonchev–Trinajstić information content (AvgIpc) is 2.96. The van der Waals surface area contributed by atoms with Crippen LogP contribution in [0, 0.1) is 0 Å². The van der Waals surface area contributed by atoms with Crippen LogP contribution in [0.2, 0.25) is 0 Å². The van der Waals surface area contributed by atoms with Crippen LogP contribution in [0.5, 0.6) is 0 Å². The Morgan fingerprint density at radius 2 is 1.53 bits per heavy atom. The van der Waals surface area contributed by atoms with E-state index < -0.39 is 17.8 Å². The highest BCUT2D eigenvalue weighted by Crippen LogP contribution is 2.12. The molecule has 0 aromatic rings. The predicted molar refractivity (Wildman–Crippen MR) is 110 cm³/mol. The van der Waals surface area contributed by atoms with E-state index in [9.17, 15) is 14.4 Å². The monoisotopic (exact) mass is 434 g/mol. The summed E-state index contributed by atoms with van der Waals surface area (Å²) in [5, 5.41) is 3.10. The Labute approximate surface area is 179 Å². The summed E-state index contributed by atoms with van der Waals surface area (Å²) >= 11 is 0. The quantitative estimate of drug-likeness (QED) is 0.508. The summed E-state index contributed by atoms with van der Waals surface area (Å²) in [4.78, 5) is 34.8. The molecule has 0 saturated carbocycles. The standard InChI is InChI=1S/C12H21NO5.C7H13NO3.CH4/c1-9(14)17-10-7-13(5-6-16-8-10)11(15)18-12(2,3)4;1-6(9)11-7-4-8-2-3-10-5-7;/h10H,5-8H2,1-4H3;7-8H,2-5H2,1H3;1H4. The normalized spacial score (nSPS) is 22.1. The van der Waals surface area contributed by atoms with E-state index in [0.29, 0.717) is 46.1 Å². The third kappa shape index (κ3) is 13.3. The van der Waals surface area contributed by atoms with Crippen molar-refractivity contribution in [2.45, 2.75) is 59.9 Å². The molecule has 2 rings (SSSR count). The maximum atomic E-state index is 11.9. The molecule has 30 heavy (non-hydrogen) atoms. The number of hydrogen-bond donors (Lipinski definition) is 1. The van der Waals surface area contributed by atoms with Crippen molar-refractivity contribution in [1.82, 2.24) is 10.2 Å². The van der Waals surface area contributed by atoms with Gasteiger partial charge < -0.3 is 33.9 Å². The Hall–Kier alpha value is -1.91. The van der Waals surface area contributed by atoms with Crippen molar-refractivity contribution >= 4 is 18.0 Å². The van der Waals surface area contributed by atoms with Crippen molar-refractivity contribution in [2.75, 3.05) is 52.6 Å². The number of amides is 1. The lowest BCUT2D eigenvalue weighted by molar-refractivity contribution is -0.149. The Bertz CT molecular complexity index is 527. The third-order valence-electron chi connectivity index (χ3n) is 3.65. The summed E-state index contributed by atoms with van der Waals surface area (Å²) in [6.07, 6.45) is -0.960. The molecule has 2 aliphatic rings. The third-order valence-corrected chi connectivity index (χ3v) is 3.65. The molecule has 0 radical (unpaired) electrons. The van der Waals surface area contributed by atoms with Crippen LogP contribution in [-0.2, 0) is 33.3 Å². The summed E-state index contributed by atoms with van der Waals surface area (Å²) < 4.78 is 25.8. The molecule has 0 spiro atoms. The van der Waals surface area contributed by atoms with E-state index in [0.717, 1.165) is 6.54 Å². The second kappa shape index (κ2) is 14.2. The van der Waals surface area contributed by atoms with Gasteiger partial charge in [0.25, 0.3) is 0 Å². The van der Waals surface area contributed by atoms with Crippen LogP contribution in [0.15, 0.2) is 0 Å². The molecular formula is C20H38N2O8. The van der Waals surface area contributed by atoms with Gasteiger partial charge in [0.2, 0.25) is 0 Å². The minimum absolute atomic E-state index is 0. The fraction of sp³-hybridized carbons (Fsp3) is 0.850. The minimum atomic E-state index is -0.541. The van der Waals surface area contributed by atoms with Crippen molar-refractivity contribution in [2.24, 2.45) is 0 Å². The van der Waals surface area contributed by atoms with E-state index >= 15 is 0 Å². The lowest BCUT2D eigenvalue weighted by atomic mass is 10.2. The summed E-state index contributed by atoms with van der Waals surface area (Å²) in [7, 11) is 0. The first-order valence-electron chi connectivity index (χ1n) is 9.75. The summed E-state index contributed by atoms with van der Waals surface area (Å²) in [6, 6.07) is 0. The van der Waals surface area contributed by atoms with E-state index in [2.05, 4.69) is 5.32 Å². The van der Waals surface area contributed by atoms with Crippen molar-refractivity contribution in [3.63, 3.8) is 0 Å². The fourth-order valence-electron chi connectivity index (χ4n) is 2.57. The van der Waals surface area contributed by atoms with Gasteiger partial charge in [0.1, 0.15) is 17.8 Å². The Kier molecular flexibility index (Phi) is 13.3. The largest absolute Gasteiger partial charge is 0.459 e. The molecule has 2 fully saturated rings. The molecule has 2 atom stereocenters. The molecule has 176 valence electrons. The Morgan fingerprint density at radius 3 is 2.13 bits per heavy atom. The molecule has 0 aromatic heterocycles. The van der Waals surface area contributed by atoms with E-state index in [1.54, 1.807) is 0 Å². The molecular weight excluding hydrogens is 396 g/mol. The summed E-state index contributed by atoms with van der Waals surface area (Å²) in [6.45, 7) is 12.3. The number of esters is 2. The van der Waals surface area contributed by atoms with Gasteiger partial charge in [-0.15, -0.1) is 0 Å². The predicted octanol–water partition coefficient (Wildman–Crippen LogP) is 1.36.